The van der Waals surface area contributed by atoms with Crippen LogP contribution < -0.4 is 21.3 Å². The normalized spacial score (nSPS) is 15.3. The number of nitrogen functional groups attached to an aromatic ring is 1. The third-order valence-corrected chi connectivity index (χ3v) is 5.11. The summed E-state index contributed by atoms with van der Waals surface area (Å²) in [5, 5.41) is 16.7. The topological polar surface area (TPSA) is 120 Å². The van der Waals surface area contributed by atoms with E-state index in [1.54, 1.807) is 24.3 Å². The van der Waals surface area contributed by atoms with Gasteiger partial charge in [0.15, 0.2) is 0 Å². The molecule has 0 aliphatic carbocycles. The molecular weight excluding hydrogens is 437 g/mol. The van der Waals surface area contributed by atoms with Gasteiger partial charge in [-0.25, -0.2) is 4.98 Å². The second-order valence-electron chi connectivity index (χ2n) is 7.24. The number of carbonyl (C=O) groups is 1. The Bertz CT molecular complexity index is 1180. The number of nitrogens with zero attached hydrogens (tertiary/aromatic N) is 4. The number of nitrogens with one attached hydrogen (secondary N) is 2. The number of nitriles is 1. The quantitative estimate of drug-likeness (QED) is 0.511. The largest absolute Gasteiger partial charge is 0.399 e. The minimum atomic E-state index is -0.0431. The zero-order chi connectivity index (χ0) is 21.3. The van der Waals surface area contributed by atoms with E-state index >= 15 is 0 Å². The summed E-state index contributed by atoms with van der Waals surface area (Å²) in [5.74, 6) is 1.09. The Balaban J connectivity index is 0.00000272. The molecule has 4 N–H and O–H groups in total. The van der Waals surface area contributed by atoms with E-state index in [4.69, 9.17) is 22.3 Å². The molecule has 1 aliphatic heterocycles. The highest BCUT2D eigenvalue weighted by molar-refractivity contribution is 6.31. The van der Waals surface area contributed by atoms with Gasteiger partial charge in [0.05, 0.1) is 17.1 Å². The van der Waals surface area contributed by atoms with Crippen LogP contribution in [0.2, 0.25) is 5.02 Å². The van der Waals surface area contributed by atoms with Crippen molar-refractivity contribution < 1.29 is 4.79 Å². The average Bonchev–Trinajstić information content (AvgIpc) is 3.14. The van der Waals surface area contributed by atoms with Crippen molar-refractivity contribution in [2.45, 2.75) is 19.4 Å². The molecule has 10 heteroatoms. The number of rotatable bonds is 4. The number of hydrogen-bond acceptors (Lipinski definition) is 7. The Labute approximate surface area is 190 Å². The van der Waals surface area contributed by atoms with Crippen molar-refractivity contribution in [3.05, 3.63) is 47.0 Å². The maximum absolute atomic E-state index is 11.4. The van der Waals surface area contributed by atoms with Crippen molar-refractivity contribution in [1.82, 2.24) is 15.3 Å². The lowest BCUT2D eigenvalue weighted by Gasteiger charge is -2.20. The SMILES string of the molecule is CC(=O)NC1CCN(c2nc(Nc3cc(N)cc(C#N)c3)nc3cc(Cl)ccc23)C1.Cl. The van der Waals surface area contributed by atoms with Crippen molar-refractivity contribution >= 4 is 64.0 Å². The second kappa shape index (κ2) is 9.25. The molecule has 4 rings (SSSR count). The number of hydrogen-bond donors (Lipinski definition) is 3. The number of fused-ring (bicyclic) bond motifs is 1. The molecule has 0 radical (unpaired) electrons. The fraction of sp³-hybridized carbons (Fsp3) is 0.238. The maximum atomic E-state index is 11.4. The van der Waals surface area contributed by atoms with Crippen LogP contribution >= 0.6 is 24.0 Å². The summed E-state index contributed by atoms with van der Waals surface area (Å²) in [6.07, 6.45) is 0.835. The molecule has 8 nitrogen and oxygen atoms in total. The number of nitrogens with two attached hydrogens (primary N) is 1. The molecule has 1 amide bonds. The minimum Gasteiger partial charge on any atom is -0.399 e. The summed E-state index contributed by atoms with van der Waals surface area (Å²) in [7, 11) is 0. The number of aromatic nitrogens is 2. The monoisotopic (exact) mass is 457 g/mol. The van der Waals surface area contributed by atoms with Crippen molar-refractivity contribution in [1.29, 1.82) is 5.26 Å². The van der Waals surface area contributed by atoms with E-state index in [0.717, 1.165) is 24.2 Å². The molecule has 1 aromatic heterocycles. The summed E-state index contributed by atoms with van der Waals surface area (Å²) >= 11 is 6.19. The first-order valence-corrected chi connectivity index (χ1v) is 9.86. The predicted octanol–water partition coefficient (Wildman–Crippen LogP) is 3.62. The molecule has 1 atom stereocenters. The fourth-order valence-electron chi connectivity index (χ4n) is 3.66. The summed E-state index contributed by atoms with van der Waals surface area (Å²) < 4.78 is 0. The van der Waals surface area contributed by atoms with Crippen LogP contribution in [0, 0.1) is 11.3 Å². The van der Waals surface area contributed by atoms with Crippen LogP contribution in [-0.4, -0.2) is 35.0 Å². The van der Waals surface area contributed by atoms with Gasteiger partial charge in [-0.15, -0.1) is 12.4 Å². The van der Waals surface area contributed by atoms with Gasteiger partial charge in [-0.3, -0.25) is 4.79 Å². The molecular formula is C21H21Cl2N7O. The zero-order valence-corrected chi connectivity index (χ0v) is 18.3. The van der Waals surface area contributed by atoms with Crippen LogP contribution in [0.1, 0.15) is 18.9 Å². The lowest BCUT2D eigenvalue weighted by Crippen LogP contribution is -2.35. The fourth-order valence-corrected chi connectivity index (χ4v) is 3.82. The molecule has 1 unspecified atom stereocenters. The van der Waals surface area contributed by atoms with Crippen molar-refractivity contribution in [3.8, 4) is 6.07 Å². The third-order valence-electron chi connectivity index (χ3n) is 4.87. The molecule has 0 saturated carbocycles. The van der Waals surface area contributed by atoms with Gasteiger partial charge in [0.2, 0.25) is 11.9 Å². The summed E-state index contributed by atoms with van der Waals surface area (Å²) in [6, 6.07) is 12.7. The van der Waals surface area contributed by atoms with E-state index < -0.39 is 0 Å². The van der Waals surface area contributed by atoms with E-state index in [-0.39, 0.29) is 24.4 Å². The van der Waals surface area contributed by atoms with E-state index in [9.17, 15) is 10.1 Å². The van der Waals surface area contributed by atoms with Gasteiger partial charge in [-0.05, 0) is 42.8 Å². The van der Waals surface area contributed by atoms with Crippen LogP contribution in [-0.2, 0) is 4.79 Å². The summed E-state index contributed by atoms with van der Waals surface area (Å²) in [5.41, 5.74) is 8.12. The first-order chi connectivity index (χ1) is 14.4. The van der Waals surface area contributed by atoms with Crippen molar-refractivity contribution in [2.24, 2.45) is 0 Å². The molecule has 160 valence electrons. The smallest absolute Gasteiger partial charge is 0.229 e. The van der Waals surface area contributed by atoms with Gasteiger partial charge in [0.25, 0.3) is 0 Å². The van der Waals surface area contributed by atoms with Crippen LogP contribution in [0.5, 0.6) is 0 Å². The molecule has 3 aromatic rings. The lowest BCUT2D eigenvalue weighted by atomic mass is 10.2. The first kappa shape index (κ1) is 22.4. The molecule has 31 heavy (non-hydrogen) atoms. The van der Waals surface area contributed by atoms with Crippen molar-refractivity contribution in [2.75, 3.05) is 29.0 Å². The van der Waals surface area contributed by atoms with Gasteiger partial charge in [-0.1, -0.05) is 11.6 Å². The van der Waals surface area contributed by atoms with Crippen LogP contribution in [0.3, 0.4) is 0 Å². The van der Waals surface area contributed by atoms with Gasteiger partial charge in [0, 0.05) is 47.8 Å². The number of carbonyl (C=O) groups excluding carboxylic acids is 1. The van der Waals surface area contributed by atoms with Crippen LogP contribution in [0.25, 0.3) is 10.9 Å². The second-order valence-corrected chi connectivity index (χ2v) is 7.68. The first-order valence-electron chi connectivity index (χ1n) is 9.48. The summed E-state index contributed by atoms with van der Waals surface area (Å²) in [4.78, 5) is 22.9. The van der Waals surface area contributed by atoms with Crippen LogP contribution in [0.15, 0.2) is 36.4 Å². The number of halogens is 2. The number of amides is 1. The van der Waals surface area contributed by atoms with E-state index in [1.165, 1.54) is 6.92 Å². The molecule has 0 bridgehead atoms. The van der Waals surface area contributed by atoms with Gasteiger partial charge in [-0.2, -0.15) is 10.2 Å². The molecule has 2 aromatic carbocycles. The predicted molar refractivity (Wildman–Crippen MR) is 125 cm³/mol. The van der Waals surface area contributed by atoms with E-state index in [0.29, 0.717) is 40.0 Å². The Morgan fingerprint density at radius 3 is 2.84 bits per heavy atom. The highest BCUT2D eigenvalue weighted by atomic mass is 35.5. The van der Waals surface area contributed by atoms with Crippen molar-refractivity contribution in [3.63, 3.8) is 0 Å². The highest BCUT2D eigenvalue weighted by Crippen LogP contribution is 2.31. The highest BCUT2D eigenvalue weighted by Gasteiger charge is 2.26. The third kappa shape index (κ3) is 5.08. The molecule has 2 heterocycles. The average molecular weight is 458 g/mol. The Morgan fingerprint density at radius 1 is 1.29 bits per heavy atom. The minimum absolute atomic E-state index is 0. The summed E-state index contributed by atoms with van der Waals surface area (Å²) in [6.45, 7) is 2.94. The molecule has 1 saturated heterocycles. The van der Waals surface area contributed by atoms with E-state index in [1.807, 2.05) is 12.1 Å². The standard InChI is InChI=1S/C21H20ClN7O.ClH/c1-12(30)25-16-4-5-29(11-16)20-18-3-2-14(22)8-19(18)27-21(28-20)26-17-7-13(10-23)6-15(24)9-17;/h2-3,6-9,16H,4-5,11,24H2,1H3,(H,25,30)(H,26,27,28);1H. The Morgan fingerprint density at radius 2 is 2.10 bits per heavy atom. The lowest BCUT2D eigenvalue weighted by molar-refractivity contribution is -0.119. The van der Waals surface area contributed by atoms with E-state index in [2.05, 4.69) is 26.6 Å². The van der Waals surface area contributed by atoms with Gasteiger partial charge in [0.1, 0.15) is 5.82 Å². The molecule has 1 aliphatic rings. The zero-order valence-electron chi connectivity index (χ0n) is 16.7. The Kier molecular flexibility index (Phi) is 6.68. The number of anilines is 4. The van der Waals surface area contributed by atoms with Crippen LogP contribution in [0.4, 0.5) is 23.1 Å². The maximum Gasteiger partial charge on any atom is 0.229 e. The molecule has 0 spiro atoms. The number of benzene rings is 2. The van der Waals surface area contributed by atoms with Gasteiger partial charge < -0.3 is 21.3 Å². The Hall–Kier alpha value is -3.28. The van der Waals surface area contributed by atoms with Gasteiger partial charge >= 0.3 is 0 Å². The molecule has 1 fully saturated rings.